The number of anilines is 2. The van der Waals surface area contributed by atoms with Crippen LogP contribution in [0.15, 0.2) is 79.0 Å². The van der Waals surface area contributed by atoms with Gasteiger partial charge in [-0.1, -0.05) is 61.4 Å². The monoisotopic (exact) mass is 1000 g/mol. The van der Waals surface area contributed by atoms with Crippen LogP contribution in [0, 0.1) is 0 Å². The Morgan fingerprint density at radius 2 is 1.62 bits per heavy atom. The van der Waals surface area contributed by atoms with Gasteiger partial charge in [0, 0.05) is 66.7 Å². The number of halogens is 1. The lowest BCUT2D eigenvalue weighted by atomic mass is 10.0. The molecule has 6 N–H and O–H groups in total. The number of nitrogens with zero attached hydrogens (tertiary/aromatic N) is 2. The molecule has 4 aromatic rings. The van der Waals surface area contributed by atoms with Crippen molar-refractivity contribution in [3.8, 4) is 21.9 Å². The highest BCUT2D eigenvalue weighted by atomic mass is 35.5. The number of benzene rings is 3. The van der Waals surface area contributed by atoms with Crippen LogP contribution in [0.2, 0.25) is 5.02 Å². The van der Waals surface area contributed by atoms with Crippen molar-refractivity contribution in [1.29, 1.82) is 0 Å². The second-order valence-electron chi connectivity index (χ2n) is 16.9. The number of piperidine rings is 2. The number of fused-ring (bicyclic) bond motifs is 1. The fourth-order valence-electron chi connectivity index (χ4n) is 8.52. The van der Waals surface area contributed by atoms with E-state index in [1.807, 2.05) is 6.07 Å². The zero-order chi connectivity index (χ0) is 49.2. The summed E-state index contributed by atoms with van der Waals surface area (Å²) in [4.78, 5) is 75.0. The number of unbranched alkanes of at least 4 members (excludes halogenated alkanes) is 3. The number of carbonyl (C=O) groups is 6. The lowest BCUT2D eigenvalue weighted by molar-refractivity contribution is -0.139. The number of thiophene rings is 1. The quantitative estimate of drug-likeness (QED) is 0.0463. The fraction of sp³-hybridized carbons (Fsp3) is 0.375. The van der Waals surface area contributed by atoms with Gasteiger partial charge in [-0.15, -0.1) is 11.3 Å². The van der Waals surface area contributed by atoms with E-state index in [1.165, 1.54) is 4.31 Å². The van der Waals surface area contributed by atoms with Gasteiger partial charge in [-0.3, -0.25) is 19.2 Å². The lowest BCUT2D eigenvalue weighted by Crippen LogP contribution is -2.45. The third-order valence-corrected chi connectivity index (χ3v) is 15.5. The molecule has 3 aliphatic rings. The minimum absolute atomic E-state index is 0.000306. The minimum Gasteiger partial charge on any atom is -0.483 e. The summed E-state index contributed by atoms with van der Waals surface area (Å²) in [5.74, 6) is -3.32. The van der Waals surface area contributed by atoms with Gasteiger partial charge in [-0.05, 0) is 79.6 Å². The number of hydrogen-bond acceptors (Lipinski definition) is 12. The molecule has 21 heteroatoms. The van der Waals surface area contributed by atoms with Crippen LogP contribution in [0.1, 0.15) is 88.9 Å². The molecule has 4 heterocycles. The van der Waals surface area contributed by atoms with E-state index in [4.69, 9.17) is 26.2 Å². The molecule has 1 aromatic heterocycles. The summed E-state index contributed by atoms with van der Waals surface area (Å²) in [6.07, 6.45) is 5.03. The molecule has 7 rings (SSSR count). The lowest BCUT2D eigenvalue weighted by Gasteiger charge is -2.32. The Hall–Kier alpha value is -6.48. The van der Waals surface area contributed by atoms with Crippen molar-refractivity contribution < 1.29 is 56.9 Å². The molecule has 0 radical (unpaired) electrons. The molecule has 69 heavy (non-hydrogen) atoms. The van der Waals surface area contributed by atoms with Crippen LogP contribution >= 0.6 is 22.9 Å². The number of carbonyl (C=O) groups excluding carboxylic acids is 4. The van der Waals surface area contributed by atoms with E-state index >= 15 is 0 Å². The van der Waals surface area contributed by atoms with Gasteiger partial charge in [0.1, 0.15) is 10.8 Å². The van der Waals surface area contributed by atoms with Gasteiger partial charge in [-0.2, -0.15) is 0 Å². The highest BCUT2D eigenvalue weighted by Gasteiger charge is 2.38. The zero-order valence-corrected chi connectivity index (χ0v) is 40.0. The number of carboxylic acid groups (broad SMARTS) is 2. The van der Waals surface area contributed by atoms with Crippen molar-refractivity contribution in [2.45, 2.75) is 82.2 Å². The average Bonchev–Trinajstić information content (AvgIpc) is 3.83. The van der Waals surface area contributed by atoms with Crippen LogP contribution in [0.3, 0.4) is 0 Å². The predicted octanol–water partition coefficient (Wildman–Crippen LogP) is 6.47. The molecule has 0 saturated carbocycles. The van der Waals surface area contributed by atoms with Crippen molar-refractivity contribution >= 4 is 79.9 Å². The predicted molar refractivity (Wildman–Crippen MR) is 259 cm³/mol. The number of hydrogen-bond donors (Lipinski definition) is 6. The van der Waals surface area contributed by atoms with Gasteiger partial charge in [0.25, 0.3) is 11.8 Å². The smallest absolute Gasteiger partial charge is 0.349 e. The van der Waals surface area contributed by atoms with Crippen molar-refractivity contribution in [1.82, 2.24) is 19.8 Å². The first-order chi connectivity index (χ1) is 33.1. The highest BCUT2D eigenvalue weighted by Crippen LogP contribution is 2.46. The number of ether oxygens (including phenoxy) is 2. The summed E-state index contributed by atoms with van der Waals surface area (Å²) >= 11 is 7.35. The first kappa shape index (κ1) is 50.4. The van der Waals surface area contributed by atoms with Gasteiger partial charge >= 0.3 is 11.9 Å². The molecule has 1 atom stereocenters. The zero-order valence-electron chi connectivity index (χ0n) is 37.6. The van der Waals surface area contributed by atoms with Crippen molar-refractivity contribution in [3.63, 3.8) is 0 Å². The van der Waals surface area contributed by atoms with Crippen molar-refractivity contribution in [2.75, 3.05) is 43.5 Å². The Morgan fingerprint density at radius 3 is 2.38 bits per heavy atom. The molecule has 2 saturated heterocycles. The van der Waals surface area contributed by atoms with Gasteiger partial charge in [-0.25, -0.2) is 22.3 Å². The Morgan fingerprint density at radius 1 is 0.884 bits per heavy atom. The Balaban J connectivity index is 0.782. The highest BCUT2D eigenvalue weighted by molar-refractivity contribution is 7.88. The maximum atomic E-state index is 13.5. The number of aromatic carboxylic acids is 1. The van der Waals surface area contributed by atoms with Crippen LogP contribution in [-0.4, -0.2) is 108 Å². The minimum atomic E-state index is -3.68. The number of aliphatic carboxylic acids is 1. The summed E-state index contributed by atoms with van der Waals surface area (Å²) in [6.45, 7) is 4.28. The van der Waals surface area contributed by atoms with Gasteiger partial charge < -0.3 is 45.9 Å². The van der Waals surface area contributed by atoms with Gasteiger partial charge in [0.05, 0.1) is 23.2 Å². The normalized spacial score (nSPS) is 16.4. The van der Waals surface area contributed by atoms with Gasteiger partial charge in [0.15, 0.2) is 23.8 Å². The molecule has 4 amide bonds. The van der Waals surface area contributed by atoms with Crippen molar-refractivity contribution in [3.05, 3.63) is 106 Å². The third kappa shape index (κ3) is 13.0. The maximum Gasteiger partial charge on any atom is 0.349 e. The van der Waals surface area contributed by atoms with E-state index in [0.29, 0.717) is 109 Å². The number of amides is 4. The second-order valence-corrected chi connectivity index (χ2v) is 20.3. The summed E-state index contributed by atoms with van der Waals surface area (Å²) in [5, 5.41) is 30.5. The molecule has 18 nitrogen and oxygen atoms in total. The number of nitrogens with one attached hydrogen (secondary N) is 4. The van der Waals surface area contributed by atoms with Crippen LogP contribution in [0.25, 0.3) is 10.4 Å². The van der Waals surface area contributed by atoms with Crippen LogP contribution in [0.4, 0.5) is 11.4 Å². The van der Waals surface area contributed by atoms with E-state index < -0.39 is 28.6 Å². The largest absolute Gasteiger partial charge is 0.483 e. The van der Waals surface area contributed by atoms with E-state index in [2.05, 4.69) is 27.8 Å². The van der Waals surface area contributed by atoms with E-state index in [1.54, 1.807) is 65.6 Å². The first-order valence-electron chi connectivity index (χ1n) is 22.5. The molecule has 3 aromatic carbocycles. The molecule has 3 aliphatic heterocycles. The SMILES string of the molecule is C=C1NC(=O)CCC1N1Cc2c(OCC(=O)NCCCCCCC(=O)Nc3cccc(CS(=O)(=O)N4CCC(Nc5cccc(-c6sc(C(=O)O)c(OCC(=O)O)c6Cl)c5)CC4)c3)cccc2C1=O. The van der Waals surface area contributed by atoms with E-state index in [0.717, 1.165) is 29.9 Å². The number of sulfonamides is 1. The van der Waals surface area contributed by atoms with Crippen LogP contribution in [-0.2, 0) is 41.5 Å². The average molecular weight is 1010 g/mol. The molecule has 366 valence electrons. The standard InChI is InChI=1S/C48H53ClN6O12S2/c1-29-37(16-17-40(57)51-29)55-25-36-35(47(55)61)13-8-14-38(36)66-26-41(58)50-20-5-3-2-4-15-39(56)53-33-11-6-9-30(23-33)28-69(64,65)54-21-18-32(19-22-54)52-34-12-7-10-31(24-34)45-43(49)44(67-27-42(59)60)46(68-45)48(62)63/h6-14,23-24,32,37,52H,1-5,15-22,25-28H2,(H,50,58)(H,51,57)(H,53,56)(H,59,60)(H,62,63). The Bertz CT molecular complexity index is 2740. The summed E-state index contributed by atoms with van der Waals surface area (Å²) in [5.41, 5.74) is 4.05. The molecule has 0 bridgehead atoms. The first-order valence-corrected chi connectivity index (χ1v) is 25.3. The van der Waals surface area contributed by atoms with Gasteiger partial charge in [0.2, 0.25) is 21.8 Å². The second kappa shape index (κ2) is 22.8. The third-order valence-electron chi connectivity index (χ3n) is 11.9. The van der Waals surface area contributed by atoms with E-state index in [9.17, 15) is 42.3 Å². The number of carboxylic acids is 2. The van der Waals surface area contributed by atoms with Crippen LogP contribution < -0.4 is 30.7 Å². The van der Waals surface area contributed by atoms with Crippen LogP contribution in [0.5, 0.6) is 11.5 Å². The topological polar surface area (TPSA) is 250 Å². The molecule has 0 aliphatic carbocycles. The molecule has 1 unspecified atom stereocenters. The Kier molecular flexibility index (Phi) is 16.6. The summed E-state index contributed by atoms with van der Waals surface area (Å²) in [7, 11) is -3.68. The Labute approximate surface area is 408 Å². The van der Waals surface area contributed by atoms with Crippen molar-refractivity contribution in [2.24, 2.45) is 0 Å². The fourth-order valence-corrected chi connectivity index (χ4v) is 11.5. The summed E-state index contributed by atoms with van der Waals surface area (Å²) < 4.78 is 39.5. The number of rotatable bonds is 22. The van der Waals surface area contributed by atoms with E-state index in [-0.39, 0.29) is 70.1 Å². The molecular weight excluding hydrogens is 952 g/mol. The molecule has 0 spiro atoms. The summed E-state index contributed by atoms with van der Waals surface area (Å²) in [6, 6.07) is 18.7. The maximum absolute atomic E-state index is 13.5. The molecule has 2 fully saturated rings. The molecular formula is C48H53ClN6O12S2.